The Balaban J connectivity index is 3.50. The van der Waals surface area contributed by atoms with Gasteiger partial charge in [0.15, 0.2) is 0 Å². The molecular formula is C6H11NO3. The summed E-state index contributed by atoms with van der Waals surface area (Å²) in [5.41, 5.74) is 1.48. The number of nitrogens with one attached hydrogen (secondary N) is 1. The van der Waals surface area contributed by atoms with Gasteiger partial charge in [-0.25, -0.2) is 5.48 Å². The largest absolute Gasteiger partial charge is 0.365 e. The highest BCUT2D eigenvalue weighted by Gasteiger charge is 2.09. The number of amides is 1. The molecule has 4 nitrogen and oxygen atoms in total. The van der Waals surface area contributed by atoms with Crippen LogP contribution in [0.25, 0.3) is 0 Å². The van der Waals surface area contributed by atoms with Crippen molar-refractivity contribution >= 4 is 5.91 Å². The molecule has 0 radical (unpaired) electrons. The van der Waals surface area contributed by atoms with Crippen molar-refractivity contribution in [2.45, 2.75) is 13.0 Å². The molecule has 0 rings (SSSR count). The van der Waals surface area contributed by atoms with E-state index in [9.17, 15) is 4.79 Å². The maximum atomic E-state index is 10.5. The summed E-state index contributed by atoms with van der Waals surface area (Å²) in [7, 11) is 0. The standard InChI is InChI=1S/C6H11NO3/c1-3-4-10-5(2)6(8)7-9/h3,5,9H,1,4H2,2H3,(H,7,8). The number of carbonyl (C=O) groups is 1. The highest BCUT2D eigenvalue weighted by molar-refractivity contribution is 5.79. The van der Waals surface area contributed by atoms with E-state index in [0.717, 1.165) is 0 Å². The van der Waals surface area contributed by atoms with Crippen molar-refractivity contribution < 1.29 is 14.7 Å². The number of hydrogen-bond donors (Lipinski definition) is 2. The maximum Gasteiger partial charge on any atom is 0.272 e. The van der Waals surface area contributed by atoms with Gasteiger partial charge in [0.25, 0.3) is 5.91 Å². The van der Waals surface area contributed by atoms with E-state index in [1.807, 2.05) is 0 Å². The smallest absolute Gasteiger partial charge is 0.272 e. The zero-order valence-electron chi connectivity index (χ0n) is 5.83. The lowest BCUT2D eigenvalue weighted by molar-refractivity contribution is -0.139. The molecule has 0 saturated carbocycles. The first-order chi connectivity index (χ1) is 4.72. The van der Waals surface area contributed by atoms with Crippen LogP contribution in [0.3, 0.4) is 0 Å². The van der Waals surface area contributed by atoms with Crippen molar-refractivity contribution in [1.82, 2.24) is 5.48 Å². The van der Waals surface area contributed by atoms with E-state index in [1.54, 1.807) is 0 Å². The molecule has 0 aromatic heterocycles. The second-order valence-corrected chi connectivity index (χ2v) is 1.74. The van der Waals surface area contributed by atoms with E-state index >= 15 is 0 Å². The molecule has 0 aliphatic rings. The summed E-state index contributed by atoms with van der Waals surface area (Å²) in [6.07, 6.45) is 0.893. The molecule has 0 aromatic rings. The van der Waals surface area contributed by atoms with E-state index in [0.29, 0.717) is 6.61 Å². The van der Waals surface area contributed by atoms with Crippen molar-refractivity contribution in [1.29, 1.82) is 0 Å². The number of carbonyl (C=O) groups excluding carboxylic acids is 1. The highest BCUT2D eigenvalue weighted by atomic mass is 16.5. The fourth-order valence-corrected chi connectivity index (χ4v) is 0.379. The Morgan fingerprint density at radius 2 is 2.60 bits per heavy atom. The first-order valence-corrected chi connectivity index (χ1v) is 2.88. The third-order valence-electron chi connectivity index (χ3n) is 0.943. The second-order valence-electron chi connectivity index (χ2n) is 1.74. The van der Waals surface area contributed by atoms with E-state index in [2.05, 4.69) is 6.58 Å². The molecule has 10 heavy (non-hydrogen) atoms. The molecule has 1 amide bonds. The van der Waals surface area contributed by atoms with Crippen molar-refractivity contribution in [3.63, 3.8) is 0 Å². The van der Waals surface area contributed by atoms with E-state index in [-0.39, 0.29) is 0 Å². The fourth-order valence-electron chi connectivity index (χ4n) is 0.379. The summed E-state index contributed by atoms with van der Waals surface area (Å²) in [6, 6.07) is 0. The highest BCUT2D eigenvalue weighted by Crippen LogP contribution is 1.88. The molecule has 0 heterocycles. The predicted octanol–water partition coefficient (Wildman–Crippen LogP) is 0.0829. The molecule has 0 spiro atoms. The van der Waals surface area contributed by atoms with E-state index in [4.69, 9.17) is 9.94 Å². The Labute approximate surface area is 59.4 Å². The molecule has 0 bridgehead atoms. The van der Waals surface area contributed by atoms with Crippen LogP contribution in [-0.4, -0.2) is 23.8 Å². The molecular weight excluding hydrogens is 134 g/mol. The van der Waals surface area contributed by atoms with Crippen molar-refractivity contribution in [2.75, 3.05) is 6.61 Å². The molecule has 1 unspecified atom stereocenters. The van der Waals surface area contributed by atoms with Gasteiger partial charge >= 0.3 is 0 Å². The van der Waals surface area contributed by atoms with Crippen molar-refractivity contribution in [2.24, 2.45) is 0 Å². The third-order valence-corrected chi connectivity index (χ3v) is 0.943. The van der Waals surface area contributed by atoms with Gasteiger partial charge in [-0.15, -0.1) is 6.58 Å². The molecule has 58 valence electrons. The Morgan fingerprint density at radius 3 is 3.00 bits per heavy atom. The first-order valence-electron chi connectivity index (χ1n) is 2.88. The van der Waals surface area contributed by atoms with Gasteiger partial charge in [0.1, 0.15) is 6.10 Å². The fraction of sp³-hybridized carbons (Fsp3) is 0.500. The SMILES string of the molecule is C=CCOC(C)C(=O)NO. The van der Waals surface area contributed by atoms with E-state index < -0.39 is 12.0 Å². The number of ether oxygens (including phenoxy) is 1. The lowest BCUT2D eigenvalue weighted by Crippen LogP contribution is -2.32. The monoisotopic (exact) mass is 145 g/mol. The molecule has 0 aliphatic carbocycles. The van der Waals surface area contributed by atoms with Gasteiger partial charge in [-0.3, -0.25) is 10.0 Å². The van der Waals surface area contributed by atoms with Crippen LogP contribution in [0.2, 0.25) is 0 Å². The summed E-state index contributed by atoms with van der Waals surface area (Å²) in [5, 5.41) is 8.10. The van der Waals surface area contributed by atoms with Crippen LogP contribution in [0.1, 0.15) is 6.92 Å². The predicted molar refractivity (Wildman–Crippen MR) is 35.5 cm³/mol. The third kappa shape index (κ3) is 3.21. The maximum absolute atomic E-state index is 10.5. The minimum absolute atomic E-state index is 0.300. The molecule has 0 aliphatic heterocycles. The Hall–Kier alpha value is -0.870. The van der Waals surface area contributed by atoms with Crippen LogP contribution in [0.5, 0.6) is 0 Å². The van der Waals surface area contributed by atoms with Crippen LogP contribution in [0, 0.1) is 0 Å². The Kier molecular flexibility index (Phi) is 4.53. The van der Waals surface area contributed by atoms with E-state index in [1.165, 1.54) is 18.5 Å². The summed E-state index contributed by atoms with van der Waals surface area (Å²) in [5.74, 6) is -0.554. The van der Waals surface area contributed by atoms with Crippen LogP contribution in [-0.2, 0) is 9.53 Å². The first kappa shape index (κ1) is 9.13. The number of rotatable bonds is 4. The van der Waals surface area contributed by atoms with Crippen LogP contribution in [0.15, 0.2) is 12.7 Å². The van der Waals surface area contributed by atoms with Crippen LogP contribution >= 0.6 is 0 Å². The van der Waals surface area contributed by atoms with Gasteiger partial charge < -0.3 is 4.74 Å². The van der Waals surface area contributed by atoms with Gasteiger partial charge in [-0.2, -0.15) is 0 Å². The Morgan fingerprint density at radius 1 is 2.00 bits per heavy atom. The van der Waals surface area contributed by atoms with Crippen LogP contribution in [0.4, 0.5) is 0 Å². The summed E-state index contributed by atoms with van der Waals surface area (Å²) >= 11 is 0. The molecule has 0 saturated heterocycles. The average molecular weight is 145 g/mol. The quantitative estimate of drug-likeness (QED) is 0.334. The van der Waals surface area contributed by atoms with Crippen molar-refractivity contribution in [3.05, 3.63) is 12.7 Å². The normalized spacial score (nSPS) is 12.2. The van der Waals surface area contributed by atoms with Gasteiger partial charge in [0.05, 0.1) is 6.61 Å². The molecule has 1 atom stereocenters. The lowest BCUT2D eigenvalue weighted by Gasteiger charge is -2.07. The Bertz CT molecular complexity index is 124. The second kappa shape index (κ2) is 4.96. The minimum atomic E-state index is -0.636. The summed E-state index contributed by atoms with van der Waals surface area (Å²) < 4.78 is 4.85. The minimum Gasteiger partial charge on any atom is -0.365 e. The summed E-state index contributed by atoms with van der Waals surface area (Å²) in [6.45, 7) is 5.24. The lowest BCUT2D eigenvalue weighted by atomic mass is 10.4. The van der Waals surface area contributed by atoms with Gasteiger partial charge in [0.2, 0.25) is 0 Å². The summed E-state index contributed by atoms with van der Waals surface area (Å²) in [4.78, 5) is 10.5. The van der Waals surface area contributed by atoms with Crippen molar-refractivity contribution in [3.8, 4) is 0 Å². The van der Waals surface area contributed by atoms with Gasteiger partial charge in [-0.1, -0.05) is 6.08 Å². The topological polar surface area (TPSA) is 58.6 Å². The molecule has 2 N–H and O–H groups in total. The number of hydroxylamine groups is 1. The van der Waals surface area contributed by atoms with Gasteiger partial charge in [-0.05, 0) is 6.92 Å². The van der Waals surface area contributed by atoms with Crippen LogP contribution < -0.4 is 5.48 Å². The molecule has 0 fully saturated rings. The molecule has 0 aromatic carbocycles. The van der Waals surface area contributed by atoms with Gasteiger partial charge in [0, 0.05) is 0 Å². The molecule has 4 heteroatoms. The average Bonchev–Trinajstić information content (AvgIpc) is 1.98. The zero-order chi connectivity index (χ0) is 7.98. The zero-order valence-corrected chi connectivity index (χ0v) is 5.83. The number of hydrogen-bond acceptors (Lipinski definition) is 3.